The molecule has 0 N–H and O–H groups in total. The van der Waals surface area contributed by atoms with Crippen molar-refractivity contribution >= 4 is 0 Å². The van der Waals surface area contributed by atoms with Crippen molar-refractivity contribution in [2.45, 2.75) is 85.5 Å². The number of rotatable bonds is 10. The molecule has 1 aliphatic carbocycles. The third-order valence-electron chi connectivity index (χ3n) is 4.44. The van der Waals surface area contributed by atoms with E-state index in [1.807, 2.05) is 0 Å². The van der Waals surface area contributed by atoms with E-state index in [4.69, 9.17) is 0 Å². The molecule has 0 bridgehead atoms. The summed E-state index contributed by atoms with van der Waals surface area (Å²) in [5.74, 6) is 4.03. The van der Waals surface area contributed by atoms with Crippen LogP contribution in [0.25, 0.3) is 0 Å². The summed E-state index contributed by atoms with van der Waals surface area (Å²) in [6, 6.07) is 0. The van der Waals surface area contributed by atoms with Crippen LogP contribution in [0, 0.1) is 23.7 Å². The summed E-state index contributed by atoms with van der Waals surface area (Å²) in [5.41, 5.74) is 0. The number of hydrogen-bond acceptors (Lipinski definition) is 0. The minimum absolute atomic E-state index is 0.901. The zero-order valence-corrected chi connectivity index (χ0v) is 12.7. The van der Waals surface area contributed by atoms with Gasteiger partial charge in [-0.25, -0.2) is 0 Å². The van der Waals surface area contributed by atoms with Crippen molar-refractivity contribution in [3.8, 4) is 0 Å². The molecule has 102 valence electrons. The fourth-order valence-corrected chi connectivity index (χ4v) is 3.09. The summed E-state index contributed by atoms with van der Waals surface area (Å²) in [7, 11) is 0. The summed E-state index contributed by atoms with van der Waals surface area (Å²) in [6.45, 7) is 9.44. The Labute approximate surface area is 110 Å². The van der Waals surface area contributed by atoms with Crippen LogP contribution in [0.4, 0.5) is 0 Å². The molecule has 0 radical (unpaired) electrons. The van der Waals surface area contributed by atoms with Crippen LogP contribution in [-0.2, 0) is 0 Å². The van der Waals surface area contributed by atoms with E-state index in [1.54, 1.807) is 0 Å². The highest BCUT2D eigenvalue weighted by Gasteiger charge is 2.37. The van der Waals surface area contributed by atoms with E-state index in [0.29, 0.717) is 0 Å². The monoisotopic (exact) mass is 238 g/mol. The first kappa shape index (κ1) is 15.1. The molecule has 1 aliphatic rings. The van der Waals surface area contributed by atoms with Gasteiger partial charge >= 0.3 is 0 Å². The molecule has 1 rings (SSSR count). The predicted octanol–water partition coefficient (Wildman–Crippen LogP) is 6.06. The molecule has 1 fully saturated rings. The molecule has 0 aliphatic heterocycles. The minimum Gasteiger partial charge on any atom is -0.0628 e. The SMILES string of the molecule is CC(C)CCCCCCCCC1CC1C(C)C. The lowest BCUT2D eigenvalue weighted by molar-refractivity contribution is 0.476. The maximum Gasteiger partial charge on any atom is -0.0360 e. The molecule has 0 aromatic rings. The largest absolute Gasteiger partial charge is 0.0628 e. The van der Waals surface area contributed by atoms with Crippen molar-refractivity contribution in [2.75, 3.05) is 0 Å². The average Bonchev–Trinajstić information content (AvgIpc) is 3.01. The maximum atomic E-state index is 2.39. The van der Waals surface area contributed by atoms with Crippen LogP contribution in [0.5, 0.6) is 0 Å². The van der Waals surface area contributed by atoms with Crippen molar-refractivity contribution < 1.29 is 0 Å². The van der Waals surface area contributed by atoms with Gasteiger partial charge in [0.05, 0.1) is 0 Å². The zero-order chi connectivity index (χ0) is 12.7. The van der Waals surface area contributed by atoms with Gasteiger partial charge in [0.1, 0.15) is 0 Å². The van der Waals surface area contributed by atoms with Gasteiger partial charge in [0.15, 0.2) is 0 Å². The molecule has 0 aromatic carbocycles. The quantitative estimate of drug-likeness (QED) is 0.406. The highest BCUT2D eigenvalue weighted by Crippen LogP contribution is 2.47. The van der Waals surface area contributed by atoms with Gasteiger partial charge in [-0.15, -0.1) is 0 Å². The smallest absolute Gasteiger partial charge is 0.0360 e. The first-order chi connectivity index (χ1) is 8.11. The van der Waals surface area contributed by atoms with Gasteiger partial charge in [0.25, 0.3) is 0 Å². The van der Waals surface area contributed by atoms with E-state index >= 15 is 0 Å². The van der Waals surface area contributed by atoms with Gasteiger partial charge in [0, 0.05) is 0 Å². The Morgan fingerprint density at radius 1 is 0.824 bits per heavy atom. The first-order valence-corrected chi connectivity index (χ1v) is 8.11. The Morgan fingerprint density at radius 2 is 1.41 bits per heavy atom. The van der Waals surface area contributed by atoms with Crippen LogP contribution in [0.15, 0.2) is 0 Å². The van der Waals surface area contributed by atoms with E-state index < -0.39 is 0 Å². The molecular formula is C17H34. The van der Waals surface area contributed by atoms with Crippen molar-refractivity contribution in [1.82, 2.24) is 0 Å². The van der Waals surface area contributed by atoms with Gasteiger partial charge < -0.3 is 0 Å². The third-order valence-corrected chi connectivity index (χ3v) is 4.44. The summed E-state index contributed by atoms with van der Waals surface area (Å²) in [5, 5.41) is 0. The Morgan fingerprint density at radius 3 is 1.94 bits per heavy atom. The van der Waals surface area contributed by atoms with Gasteiger partial charge in [0.2, 0.25) is 0 Å². The zero-order valence-electron chi connectivity index (χ0n) is 12.7. The third kappa shape index (κ3) is 7.11. The van der Waals surface area contributed by atoms with Gasteiger partial charge in [-0.1, -0.05) is 79.1 Å². The lowest BCUT2D eigenvalue weighted by Crippen LogP contribution is -1.92. The lowest BCUT2D eigenvalue weighted by atomic mass is 10.0. The lowest BCUT2D eigenvalue weighted by Gasteiger charge is -2.05. The van der Waals surface area contributed by atoms with Gasteiger partial charge in [-0.2, -0.15) is 0 Å². The fourth-order valence-electron chi connectivity index (χ4n) is 3.09. The van der Waals surface area contributed by atoms with Crippen LogP contribution in [0.2, 0.25) is 0 Å². The predicted molar refractivity (Wildman–Crippen MR) is 78.2 cm³/mol. The minimum atomic E-state index is 0.901. The van der Waals surface area contributed by atoms with E-state index in [-0.39, 0.29) is 0 Å². The molecule has 0 aromatic heterocycles. The standard InChI is InChI=1S/C17H34/c1-14(2)11-9-7-5-6-8-10-12-16-13-17(16)15(3)4/h14-17H,5-13H2,1-4H3. The number of hydrogen-bond donors (Lipinski definition) is 0. The van der Waals surface area contributed by atoms with Crippen molar-refractivity contribution in [2.24, 2.45) is 23.7 Å². The first-order valence-electron chi connectivity index (χ1n) is 8.11. The van der Waals surface area contributed by atoms with E-state index in [1.165, 1.54) is 57.8 Å². The molecular weight excluding hydrogens is 204 g/mol. The Hall–Kier alpha value is 0. The second-order valence-corrected chi connectivity index (χ2v) is 7.00. The van der Waals surface area contributed by atoms with E-state index in [0.717, 1.165) is 23.7 Å². The summed E-state index contributed by atoms with van der Waals surface area (Å²) in [4.78, 5) is 0. The molecule has 0 heteroatoms. The van der Waals surface area contributed by atoms with Crippen LogP contribution in [-0.4, -0.2) is 0 Å². The number of unbranched alkanes of at least 4 members (excludes halogenated alkanes) is 5. The van der Waals surface area contributed by atoms with Gasteiger partial charge in [-0.3, -0.25) is 0 Å². The highest BCUT2D eigenvalue weighted by molar-refractivity contribution is 4.87. The van der Waals surface area contributed by atoms with Crippen molar-refractivity contribution in [3.63, 3.8) is 0 Å². The molecule has 0 nitrogen and oxygen atoms in total. The molecule has 0 amide bonds. The second kappa shape index (κ2) is 8.16. The van der Waals surface area contributed by atoms with Crippen molar-refractivity contribution in [1.29, 1.82) is 0 Å². The van der Waals surface area contributed by atoms with Crippen molar-refractivity contribution in [3.05, 3.63) is 0 Å². The van der Waals surface area contributed by atoms with E-state index in [2.05, 4.69) is 27.7 Å². The summed E-state index contributed by atoms with van der Waals surface area (Å²) < 4.78 is 0. The topological polar surface area (TPSA) is 0 Å². The molecule has 0 heterocycles. The van der Waals surface area contributed by atoms with Crippen LogP contribution in [0.1, 0.15) is 85.5 Å². The van der Waals surface area contributed by atoms with Crippen LogP contribution < -0.4 is 0 Å². The van der Waals surface area contributed by atoms with Gasteiger partial charge in [-0.05, 0) is 30.1 Å². The van der Waals surface area contributed by atoms with Crippen LogP contribution in [0.3, 0.4) is 0 Å². The Balaban J connectivity index is 1.77. The summed E-state index contributed by atoms with van der Waals surface area (Å²) >= 11 is 0. The molecule has 2 unspecified atom stereocenters. The van der Waals surface area contributed by atoms with E-state index in [9.17, 15) is 0 Å². The average molecular weight is 238 g/mol. The molecule has 17 heavy (non-hydrogen) atoms. The molecule has 0 spiro atoms. The maximum absolute atomic E-state index is 2.39. The second-order valence-electron chi connectivity index (χ2n) is 7.00. The fraction of sp³-hybridized carbons (Fsp3) is 1.00. The molecule has 0 saturated heterocycles. The Kier molecular flexibility index (Phi) is 7.23. The molecule has 2 atom stereocenters. The normalized spacial score (nSPS) is 23.6. The summed E-state index contributed by atoms with van der Waals surface area (Å²) in [6.07, 6.45) is 13.4. The highest BCUT2D eigenvalue weighted by atomic mass is 14.4. The Bertz CT molecular complexity index is 180. The molecule has 1 saturated carbocycles. The van der Waals surface area contributed by atoms with Crippen LogP contribution >= 0.6 is 0 Å².